The maximum Gasteiger partial charge on any atom is 0.128 e. The lowest BCUT2D eigenvalue weighted by Crippen LogP contribution is -2.41. The molecule has 0 unspecified atom stereocenters. The number of rotatable bonds is 5. The Labute approximate surface area is 99.8 Å². The van der Waals surface area contributed by atoms with Crippen molar-refractivity contribution in [3.8, 4) is 0 Å². The highest BCUT2D eigenvalue weighted by Crippen LogP contribution is 2.28. The zero-order valence-corrected chi connectivity index (χ0v) is 10.5. The van der Waals surface area contributed by atoms with Crippen molar-refractivity contribution in [3.05, 3.63) is 24.4 Å². The fourth-order valence-corrected chi connectivity index (χ4v) is 2.19. The standard InChI is InChI=1S/C12H17BrN2/c13-8-4-10-15(11-5-3-6-11)12-7-1-2-9-14-12/h1-2,7,9,11H,3-6,8,10H2. The van der Waals surface area contributed by atoms with Crippen molar-refractivity contribution in [2.24, 2.45) is 0 Å². The van der Waals surface area contributed by atoms with E-state index in [-0.39, 0.29) is 0 Å². The molecule has 0 amide bonds. The Kier molecular flexibility index (Phi) is 4.01. The van der Waals surface area contributed by atoms with Crippen LogP contribution in [0.25, 0.3) is 0 Å². The van der Waals surface area contributed by atoms with Gasteiger partial charge in [-0.25, -0.2) is 4.98 Å². The summed E-state index contributed by atoms with van der Waals surface area (Å²) in [5.74, 6) is 1.14. The molecule has 0 bridgehead atoms. The second-order valence-electron chi connectivity index (χ2n) is 4.01. The van der Waals surface area contributed by atoms with E-state index in [1.165, 1.54) is 25.7 Å². The van der Waals surface area contributed by atoms with E-state index in [9.17, 15) is 0 Å². The number of pyridine rings is 1. The monoisotopic (exact) mass is 268 g/mol. The van der Waals surface area contributed by atoms with E-state index in [0.29, 0.717) is 0 Å². The third-order valence-electron chi connectivity index (χ3n) is 2.99. The quantitative estimate of drug-likeness (QED) is 0.763. The first-order valence-corrected chi connectivity index (χ1v) is 6.77. The molecule has 2 nitrogen and oxygen atoms in total. The Bertz CT molecular complexity index is 285. The summed E-state index contributed by atoms with van der Waals surface area (Å²) >= 11 is 3.49. The van der Waals surface area contributed by atoms with Crippen molar-refractivity contribution in [1.82, 2.24) is 4.98 Å². The van der Waals surface area contributed by atoms with Crippen LogP contribution in [0.3, 0.4) is 0 Å². The van der Waals surface area contributed by atoms with Gasteiger partial charge in [-0.15, -0.1) is 0 Å². The number of anilines is 1. The molecule has 1 saturated carbocycles. The molecular formula is C12H17BrN2. The minimum Gasteiger partial charge on any atom is -0.354 e. The Balaban J connectivity index is 2.04. The van der Waals surface area contributed by atoms with Crippen molar-refractivity contribution in [2.75, 3.05) is 16.8 Å². The Morgan fingerprint density at radius 1 is 1.40 bits per heavy atom. The van der Waals surface area contributed by atoms with Gasteiger partial charge in [0.1, 0.15) is 5.82 Å². The molecule has 0 radical (unpaired) electrons. The SMILES string of the molecule is BrCCCN(c1ccccn1)C1CCC1. The summed E-state index contributed by atoms with van der Waals surface area (Å²) in [5.41, 5.74) is 0. The van der Waals surface area contributed by atoms with Gasteiger partial charge in [-0.05, 0) is 37.8 Å². The van der Waals surface area contributed by atoms with Gasteiger partial charge in [0.15, 0.2) is 0 Å². The minimum atomic E-state index is 0.735. The van der Waals surface area contributed by atoms with Crippen molar-refractivity contribution in [3.63, 3.8) is 0 Å². The smallest absolute Gasteiger partial charge is 0.128 e. The van der Waals surface area contributed by atoms with E-state index < -0.39 is 0 Å². The lowest BCUT2D eigenvalue weighted by molar-refractivity contribution is 0.384. The third kappa shape index (κ3) is 2.71. The summed E-state index contributed by atoms with van der Waals surface area (Å²) in [6.07, 6.45) is 7.11. The number of halogens is 1. The van der Waals surface area contributed by atoms with Crippen LogP contribution in [0, 0.1) is 0 Å². The molecule has 1 heterocycles. The van der Waals surface area contributed by atoms with Crippen LogP contribution in [0.4, 0.5) is 5.82 Å². The maximum absolute atomic E-state index is 4.45. The molecule has 2 rings (SSSR count). The van der Waals surface area contributed by atoms with Crippen LogP contribution < -0.4 is 4.90 Å². The average molecular weight is 269 g/mol. The summed E-state index contributed by atoms with van der Waals surface area (Å²) in [4.78, 5) is 6.91. The Hall–Kier alpha value is -0.570. The predicted octanol–water partition coefficient (Wildman–Crippen LogP) is 3.23. The molecule has 1 aliphatic carbocycles. The zero-order valence-electron chi connectivity index (χ0n) is 8.90. The molecule has 0 spiro atoms. The van der Waals surface area contributed by atoms with Crippen molar-refractivity contribution in [1.29, 1.82) is 0 Å². The average Bonchev–Trinajstić information content (AvgIpc) is 2.22. The molecule has 0 atom stereocenters. The number of hydrogen-bond donors (Lipinski definition) is 0. The Morgan fingerprint density at radius 3 is 2.80 bits per heavy atom. The van der Waals surface area contributed by atoms with Crippen LogP contribution in [0.2, 0.25) is 0 Å². The van der Waals surface area contributed by atoms with Gasteiger partial charge >= 0.3 is 0 Å². The molecule has 15 heavy (non-hydrogen) atoms. The molecule has 1 aliphatic rings. The molecular weight excluding hydrogens is 252 g/mol. The highest BCUT2D eigenvalue weighted by Gasteiger charge is 2.25. The van der Waals surface area contributed by atoms with Gasteiger partial charge < -0.3 is 4.90 Å². The number of alkyl halides is 1. The van der Waals surface area contributed by atoms with E-state index in [1.54, 1.807) is 0 Å². The second-order valence-corrected chi connectivity index (χ2v) is 4.80. The molecule has 0 N–H and O–H groups in total. The van der Waals surface area contributed by atoms with Gasteiger partial charge in [-0.1, -0.05) is 22.0 Å². The molecule has 3 heteroatoms. The lowest BCUT2D eigenvalue weighted by Gasteiger charge is -2.38. The van der Waals surface area contributed by atoms with Crippen LogP contribution in [0.5, 0.6) is 0 Å². The molecule has 0 aromatic carbocycles. The summed E-state index contributed by atoms with van der Waals surface area (Å²) < 4.78 is 0. The molecule has 1 aromatic heterocycles. The van der Waals surface area contributed by atoms with Gasteiger partial charge in [0.2, 0.25) is 0 Å². The Morgan fingerprint density at radius 2 is 2.27 bits per heavy atom. The topological polar surface area (TPSA) is 16.1 Å². The molecule has 0 saturated heterocycles. The first kappa shape index (κ1) is 10.9. The molecule has 1 fully saturated rings. The summed E-state index contributed by atoms with van der Waals surface area (Å²) in [6, 6.07) is 6.90. The van der Waals surface area contributed by atoms with Crippen LogP contribution in [0.1, 0.15) is 25.7 Å². The van der Waals surface area contributed by atoms with E-state index in [1.807, 2.05) is 12.3 Å². The molecule has 1 aromatic rings. The van der Waals surface area contributed by atoms with Crippen molar-refractivity contribution in [2.45, 2.75) is 31.7 Å². The predicted molar refractivity (Wildman–Crippen MR) is 67.6 cm³/mol. The van der Waals surface area contributed by atoms with Crippen molar-refractivity contribution >= 4 is 21.7 Å². The van der Waals surface area contributed by atoms with Gasteiger partial charge in [-0.2, -0.15) is 0 Å². The fraction of sp³-hybridized carbons (Fsp3) is 0.583. The third-order valence-corrected chi connectivity index (χ3v) is 3.55. The number of aromatic nitrogens is 1. The zero-order chi connectivity index (χ0) is 10.5. The second kappa shape index (κ2) is 5.50. The highest BCUT2D eigenvalue weighted by atomic mass is 79.9. The normalized spacial score (nSPS) is 16.1. The largest absolute Gasteiger partial charge is 0.354 e. The molecule has 82 valence electrons. The fourth-order valence-electron chi connectivity index (χ4n) is 1.94. The van der Waals surface area contributed by atoms with Gasteiger partial charge in [0.25, 0.3) is 0 Å². The van der Waals surface area contributed by atoms with E-state index in [4.69, 9.17) is 0 Å². The lowest BCUT2D eigenvalue weighted by atomic mass is 9.91. The van der Waals surface area contributed by atoms with E-state index >= 15 is 0 Å². The van der Waals surface area contributed by atoms with E-state index in [2.05, 4.69) is 37.9 Å². The maximum atomic E-state index is 4.45. The van der Waals surface area contributed by atoms with Crippen LogP contribution in [-0.2, 0) is 0 Å². The van der Waals surface area contributed by atoms with Gasteiger partial charge in [0.05, 0.1) is 0 Å². The highest BCUT2D eigenvalue weighted by molar-refractivity contribution is 9.09. The summed E-state index contributed by atoms with van der Waals surface area (Å²) in [6.45, 7) is 1.12. The van der Waals surface area contributed by atoms with Gasteiger partial charge in [-0.3, -0.25) is 0 Å². The minimum absolute atomic E-state index is 0.735. The molecule has 0 aliphatic heterocycles. The summed E-state index contributed by atoms with van der Waals surface area (Å²) in [5, 5.41) is 1.07. The van der Waals surface area contributed by atoms with Crippen LogP contribution >= 0.6 is 15.9 Å². The van der Waals surface area contributed by atoms with Crippen LogP contribution in [0.15, 0.2) is 24.4 Å². The number of hydrogen-bond acceptors (Lipinski definition) is 2. The summed E-state index contributed by atoms with van der Waals surface area (Å²) in [7, 11) is 0. The van der Waals surface area contributed by atoms with Crippen LogP contribution in [-0.4, -0.2) is 22.9 Å². The first-order valence-electron chi connectivity index (χ1n) is 5.65. The van der Waals surface area contributed by atoms with Gasteiger partial charge in [0, 0.05) is 24.1 Å². The first-order chi connectivity index (χ1) is 7.42. The van der Waals surface area contributed by atoms with E-state index in [0.717, 1.165) is 23.7 Å². The number of nitrogens with zero attached hydrogens (tertiary/aromatic N) is 2. The van der Waals surface area contributed by atoms with Crippen molar-refractivity contribution < 1.29 is 0 Å².